The highest BCUT2D eigenvalue weighted by Crippen LogP contribution is 2.42. The molecular weight excluding hydrogens is 376 g/mol. The predicted molar refractivity (Wildman–Crippen MR) is 121 cm³/mol. The van der Waals surface area contributed by atoms with Crippen LogP contribution in [0.1, 0.15) is 58.1 Å². The quantitative estimate of drug-likeness (QED) is 0.674. The van der Waals surface area contributed by atoms with Crippen molar-refractivity contribution in [3.8, 4) is 5.75 Å². The highest BCUT2D eigenvalue weighted by molar-refractivity contribution is 6.10. The first-order chi connectivity index (χ1) is 14.4. The molecule has 2 fully saturated rings. The van der Waals surface area contributed by atoms with E-state index < -0.39 is 0 Å². The van der Waals surface area contributed by atoms with Gasteiger partial charge in [-0.05, 0) is 58.6 Å². The largest absolute Gasteiger partial charge is 0.487 e. The third kappa shape index (κ3) is 4.10. The van der Waals surface area contributed by atoms with Crippen LogP contribution >= 0.6 is 0 Å². The Hall–Kier alpha value is -2.34. The van der Waals surface area contributed by atoms with Gasteiger partial charge in [0.2, 0.25) is 5.91 Å². The minimum Gasteiger partial charge on any atom is -0.487 e. The Balaban J connectivity index is 1.71. The van der Waals surface area contributed by atoms with Crippen LogP contribution in [0.5, 0.6) is 5.75 Å². The van der Waals surface area contributed by atoms with Gasteiger partial charge in [-0.3, -0.25) is 9.69 Å². The molecule has 2 heterocycles. The Morgan fingerprint density at radius 2 is 2.00 bits per heavy atom. The number of carbonyl (C=O) groups excluding carboxylic acids is 1. The van der Waals surface area contributed by atoms with Crippen LogP contribution in [-0.2, 0) is 11.2 Å². The molecular formula is C24H34N4O2. The number of benzene rings is 1. The van der Waals surface area contributed by atoms with Gasteiger partial charge in [-0.25, -0.2) is 0 Å². The summed E-state index contributed by atoms with van der Waals surface area (Å²) in [6.45, 7) is 9.98. The highest BCUT2D eigenvalue weighted by atomic mass is 16.5. The van der Waals surface area contributed by atoms with Crippen molar-refractivity contribution in [3.05, 3.63) is 29.5 Å². The number of nitrogens with zero attached hydrogens (tertiary/aromatic N) is 2. The predicted octanol–water partition coefficient (Wildman–Crippen LogP) is 3.59. The van der Waals surface area contributed by atoms with Crippen LogP contribution < -0.4 is 15.0 Å². The first-order valence-corrected chi connectivity index (χ1v) is 11.2. The third-order valence-electron chi connectivity index (χ3n) is 6.50. The number of nitrogens with one attached hydrogen (secondary N) is 2. The molecule has 6 heteroatoms. The van der Waals surface area contributed by atoms with Gasteiger partial charge < -0.3 is 20.4 Å². The highest BCUT2D eigenvalue weighted by Gasteiger charge is 2.34. The lowest BCUT2D eigenvalue weighted by Gasteiger charge is -2.43. The van der Waals surface area contributed by atoms with E-state index in [9.17, 15) is 4.79 Å². The number of amides is 1. The zero-order valence-electron chi connectivity index (χ0n) is 18.6. The van der Waals surface area contributed by atoms with E-state index in [0.29, 0.717) is 12.1 Å². The van der Waals surface area contributed by atoms with Gasteiger partial charge in [0, 0.05) is 67.3 Å². The summed E-state index contributed by atoms with van der Waals surface area (Å²) in [7, 11) is 0. The molecule has 4 rings (SSSR count). The molecule has 1 saturated carbocycles. The Morgan fingerprint density at radius 1 is 1.27 bits per heavy atom. The fourth-order valence-electron chi connectivity index (χ4n) is 4.43. The molecule has 1 aromatic rings. The van der Waals surface area contributed by atoms with Crippen molar-refractivity contribution in [2.24, 2.45) is 0 Å². The summed E-state index contributed by atoms with van der Waals surface area (Å²) in [5.74, 6) is 0.918. The summed E-state index contributed by atoms with van der Waals surface area (Å²) in [6.07, 6.45) is 7.67. The van der Waals surface area contributed by atoms with E-state index in [4.69, 9.17) is 10.1 Å². The summed E-state index contributed by atoms with van der Waals surface area (Å²) in [4.78, 5) is 16.7. The SMILES string of the molecule is CC(=O)N1c2ccc(/C(C=N)=C/NC3CC3)c(OC3CN(C(C)C)C3)c2CCC1C. The normalized spacial score (nSPS) is 22.5. The number of hydrogen-bond donors (Lipinski definition) is 2. The van der Waals surface area contributed by atoms with Crippen LogP contribution in [0.3, 0.4) is 0 Å². The molecule has 2 N–H and O–H groups in total. The number of allylic oxidation sites excluding steroid dienone is 1. The molecule has 3 aliphatic rings. The van der Waals surface area contributed by atoms with Gasteiger partial charge in [0.1, 0.15) is 11.9 Å². The Morgan fingerprint density at radius 3 is 2.60 bits per heavy atom. The van der Waals surface area contributed by atoms with Gasteiger partial charge in [-0.1, -0.05) is 0 Å². The monoisotopic (exact) mass is 410 g/mol. The number of carbonyl (C=O) groups is 1. The fraction of sp³-hybridized carbons (Fsp3) is 0.583. The van der Waals surface area contributed by atoms with Crippen molar-refractivity contribution >= 4 is 23.4 Å². The van der Waals surface area contributed by atoms with E-state index >= 15 is 0 Å². The number of anilines is 1. The van der Waals surface area contributed by atoms with E-state index in [-0.39, 0.29) is 18.1 Å². The molecule has 1 atom stereocenters. The van der Waals surface area contributed by atoms with Crippen molar-refractivity contribution in [3.63, 3.8) is 0 Å². The van der Waals surface area contributed by atoms with Gasteiger partial charge in [0.15, 0.2) is 0 Å². The molecule has 1 saturated heterocycles. The number of fused-ring (bicyclic) bond motifs is 1. The van der Waals surface area contributed by atoms with Crippen LogP contribution in [0, 0.1) is 5.41 Å². The lowest BCUT2D eigenvalue weighted by atomic mass is 9.91. The Labute approximate surface area is 179 Å². The molecule has 1 unspecified atom stereocenters. The van der Waals surface area contributed by atoms with E-state index in [0.717, 1.165) is 54.1 Å². The number of rotatable bonds is 7. The van der Waals surface area contributed by atoms with Gasteiger partial charge >= 0.3 is 0 Å². The molecule has 1 amide bonds. The minimum atomic E-state index is 0.0648. The van der Waals surface area contributed by atoms with E-state index in [1.54, 1.807) is 6.92 Å². The van der Waals surface area contributed by atoms with E-state index in [1.165, 1.54) is 19.1 Å². The van der Waals surface area contributed by atoms with Crippen molar-refractivity contribution in [1.82, 2.24) is 10.2 Å². The van der Waals surface area contributed by atoms with Crippen molar-refractivity contribution in [2.45, 2.75) is 77.6 Å². The lowest BCUT2D eigenvalue weighted by Crippen LogP contribution is -2.56. The second-order valence-electron chi connectivity index (χ2n) is 9.19. The van der Waals surface area contributed by atoms with Gasteiger partial charge in [0.05, 0.1) is 5.69 Å². The lowest BCUT2D eigenvalue weighted by molar-refractivity contribution is -0.117. The van der Waals surface area contributed by atoms with Crippen molar-refractivity contribution in [1.29, 1.82) is 5.41 Å². The molecule has 162 valence electrons. The smallest absolute Gasteiger partial charge is 0.224 e. The average Bonchev–Trinajstić information content (AvgIpc) is 3.48. The fourth-order valence-corrected chi connectivity index (χ4v) is 4.43. The summed E-state index contributed by atoms with van der Waals surface area (Å²) < 4.78 is 6.58. The standard InChI is InChI=1S/C24H34N4O2/c1-15(2)27-13-20(14-27)30-24-21(18(11-25)12-26-19-6-7-19)9-10-23-22(24)8-5-16(3)28(23)17(4)29/h9-12,15-16,19-20,25-26H,5-8,13-14H2,1-4H3/b18-12+,25-11?. The van der Waals surface area contributed by atoms with E-state index in [2.05, 4.69) is 31.0 Å². The summed E-state index contributed by atoms with van der Waals surface area (Å²) in [6, 6.07) is 5.28. The molecule has 0 bridgehead atoms. The molecule has 1 aliphatic carbocycles. The van der Waals surface area contributed by atoms with Crippen LogP contribution in [0.15, 0.2) is 18.3 Å². The Bertz CT molecular complexity index is 853. The molecule has 2 aliphatic heterocycles. The average molecular weight is 411 g/mol. The summed E-state index contributed by atoms with van der Waals surface area (Å²) in [5.41, 5.74) is 3.83. The first-order valence-electron chi connectivity index (χ1n) is 11.2. The number of hydrogen-bond acceptors (Lipinski definition) is 5. The van der Waals surface area contributed by atoms with Gasteiger partial charge in [-0.15, -0.1) is 0 Å². The maximum absolute atomic E-state index is 12.4. The van der Waals surface area contributed by atoms with Gasteiger partial charge in [0.25, 0.3) is 0 Å². The maximum atomic E-state index is 12.4. The van der Waals surface area contributed by atoms with Crippen molar-refractivity contribution in [2.75, 3.05) is 18.0 Å². The number of ether oxygens (including phenoxy) is 1. The minimum absolute atomic E-state index is 0.0648. The van der Waals surface area contributed by atoms with Gasteiger partial charge in [-0.2, -0.15) is 0 Å². The van der Waals surface area contributed by atoms with E-state index in [1.807, 2.05) is 23.2 Å². The second kappa shape index (κ2) is 8.42. The molecule has 0 aromatic heterocycles. The zero-order valence-corrected chi connectivity index (χ0v) is 18.6. The first kappa shape index (κ1) is 20.9. The zero-order chi connectivity index (χ0) is 21.4. The molecule has 6 nitrogen and oxygen atoms in total. The van der Waals surface area contributed by atoms with Crippen LogP contribution in [0.2, 0.25) is 0 Å². The molecule has 0 radical (unpaired) electrons. The summed E-state index contributed by atoms with van der Waals surface area (Å²) >= 11 is 0. The van der Waals surface area contributed by atoms with Crippen LogP contribution in [0.4, 0.5) is 5.69 Å². The molecule has 1 aromatic carbocycles. The summed E-state index contributed by atoms with van der Waals surface area (Å²) in [5, 5.41) is 11.4. The van der Waals surface area contributed by atoms with Crippen LogP contribution in [-0.4, -0.2) is 54.3 Å². The van der Waals surface area contributed by atoms with Crippen molar-refractivity contribution < 1.29 is 9.53 Å². The third-order valence-corrected chi connectivity index (χ3v) is 6.50. The molecule has 30 heavy (non-hydrogen) atoms. The maximum Gasteiger partial charge on any atom is 0.224 e. The number of likely N-dealkylation sites (tertiary alicyclic amines) is 1. The second-order valence-corrected chi connectivity index (χ2v) is 9.19. The molecule has 0 spiro atoms. The van der Waals surface area contributed by atoms with Crippen LogP contribution in [0.25, 0.3) is 5.57 Å². The Kier molecular flexibility index (Phi) is 5.87. The topological polar surface area (TPSA) is 68.7 Å².